The molecule has 0 unspecified atom stereocenters. The summed E-state index contributed by atoms with van der Waals surface area (Å²) in [5.74, 6) is 0.434. The van der Waals surface area contributed by atoms with Crippen molar-refractivity contribution >= 4 is 5.91 Å². The fraction of sp³-hybridized carbons (Fsp3) is 0.917. The van der Waals surface area contributed by atoms with Crippen LogP contribution in [0.25, 0.3) is 0 Å². The lowest BCUT2D eigenvalue weighted by molar-refractivity contribution is -0.142. The molecule has 86 valence electrons. The molecule has 1 aliphatic heterocycles. The van der Waals surface area contributed by atoms with Gasteiger partial charge in [-0.2, -0.15) is 0 Å². The molecule has 0 spiro atoms. The lowest BCUT2D eigenvalue weighted by atomic mass is 9.81. The van der Waals surface area contributed by atoms with E-state index >= 15 is 0 Å². The maximum atomic E-state index is 12.5. The average Bonchev–Trinajstić information content (AvgIpc) is 2.79. The standard InChI is InChI=1S/C12H22N2O/c1-2-12(5-3-4-6-12)11(15)14-9-7-13-8-10-14/h13H,2-10H2,1H3. The van der Waals surface area contributed by atoms with Gasteiger partial charge in [0, 0.05) is 31.6 Å². The van der Waals surface area contributed by atoms with Gasteiger partial charge in [0.1, 0.15) is 0 Å². The second-order valence-electron chi connectivity index (χ2n) is 4.88. The second kappa shape index (κ2) is 4.52. The number of rotatable bonds is 2. The van der Waals surface area contributed by atoms with Crippen LogP contribution in [0.3, 0.4) is 0 Å². The van der Waals surface area contributed by atoms with Crippen molar-refractivity contribution in [1.29, 1.82) is 0 Å². The van der Waals surface area contributed by atoms with Crippen molar-refractivity contribution in [3.05, 3.63) is 0 Å². The third-order valence-electron chi connectivity index (χ3n) is 4.10. The Labute approximate surface area is 92.2 Å². The highest BCUT2D eigenvalue weighted by molar-refractivity contribution is 5.83. The third-order valence-corrected chi connectivity index (χ3v) is 4.10. The third kappa shape index (κ3) is 2.03. The van der Waals surface area contributed by atoms with E-state index in [0.717, 1.165) is 45.4 Å². The van der Waals surface area contributed by atoms with Gasteiger partial charge in [0.05, 0.1) is 0 Å². The first kappa shape index (κ1) is 10.9. The summed E-state index contributed by atoms with van der Waals surface area (Å²) in [5, 5.41) is 3.30. The highest BCUT2D eigenvalue weighted by Crippen LogP contribution is 2.42. The van der Waals surface area contributed by atoms with Gasteiger partial charge in [0.2, 0.25) is 5.91 Å². The monoisotopic (exact) mass is 210 g/mol. The first-order valence-electron chi connectivity index (χ1n) is 6.29. The predicted octanol–water partition coefficient (Wildman–Crippen LogP) is 1.39. The van der Waals surface area contributed by atoms with Crippen LogP contribution in [-0.2, 0) is 4.79 Å². The summed E-state index contributed by atoms with van der Waals surface area (Å²) < 4.78 is 0. The normalized spacial score (nSPS) is 25.5. The van der Waals surface area contributed by atoms with Crippen LogP contribution in [0.2, 0.25) is 0 Å². The van der Waals surface area contributed by atoms with Crippen molar-refractivity contribution in [2.45, 2.75) is 39.0 Å². The number of nitrogens with one attached hydrogen (secondary N) is 1. The number of amides is 1. The number of piperazine rings is 1. The maximum Gasteiger partial charge on any atom is 0.228 e. The molecule has 2 rings (SSSR count). The molecule has 0 bridgehead atoms. The van der Waals surface area contributed by atoms with Gasteiger partial charge in [-0.25, -0.2) is 0 Å². The molecule has 0 radical (unpaired) electrons. The Balaban J connectivity index is 2.03. The van der Waals surface area contributed by atoms with E-state index in [1.807, 2.05) is 0 Å². The van der Waals surface area contributed by atoms with E-state index < -0.39 is 0 Å². The SMILES string of the molecule is CCC1(C(=O)N2CCNCC2)CCCC1. The molecule has 1 heterocycles. The summed E-state index contributed by atoms with van der Waals surface area (Å²) >= 11 is 0. The van der Waals surface area contributed by atoms with Crippen LogP contribution in [0.15, 0.2) is 0 Å². The Morgan fingerprint density at radius 2 is 1.87 bits per heavy atom. The van der Waals surface area contributed by atoms with Crippen molar-refractivity contribution in [3.8, 4) is 0 Å². The molecule has 0 atom stereocenters. The van der Waals surface area contributed by atoms with Crippen molar-refractivity contribution in [2.24, 2.45) is 5.41 Å². The first-order valence-corrected chi connectivity index (χ1v) is 6.29. The van der Waals surface area contributed by atoms with Gasteiger partial charge in [-0.1, -0.05) is 19.8 Å². The average molecular weight is 210 g/mol. The molecule has 1 amide bonds. The zero-order valence-electron chi connectivity index (χ0n) is 9.72. The van der Waals surface area contributed by atoms with Gasteiger partial charge >= 0.3 is 0 Å². The molecule has 15 heavy (non-hydrogen) atoms. The Morgan fingerprint density at radius 3 is 2.40 bits per heavy atom. The van der Waals surface area contributed by atoms with Gasteiger partial charge in [-0.3, -0.25) is 4.79 Å². The largest absolute Gasteiger partial charge is 0.340 e. The van der Waals surface area contributed by atoms with Crippen LogP contribution in [0.5, 0.6) is 0 Å². The molecule has 3 nitrogen and oxygen atoms in total. The lowest BCUT2D eigenvalue weighted by Crippen LogP contribution is -2.51. The quantitative estimate of drug-likeness (QED) is 0.747. The molecule has 1 N–H and O–H groups in total. The Hall–Kier alpha value is -0.570. The number of hydrogen-bond donors (Lipinski definition) is 1. The molecule has 1 saturated heterocycles. The highest BCUT2D eigenvalue weighted by Gasteiger charge is 2.41. The fourth-order valence-corrected chi connectivity index (χ4v) is 2.97. The Morgan fingerprint density at radius 1 is 1.27 bits per heavy atom. The zero-order valence-corrected chi connectivity index (χ0v) is 9.72. The van der Waals surface area contributed by atoms with Gasteiger partial charge < -0.3 is 10.2 Å². The van der Waals surface area contributed by atoms with Gasteiger partial charge in [-0.05, 0) is 19.3 Å². The molecule has 2 aliphatic rings. The number of nitrogens with zero attached hydrogens (tertiary/aromatic N) is 1. The molecular weight excluding hydrogens is 188 g/mol. The van der Waals surface area contributed by atoms with Crippen LogP contribution >= 0.6 is 0 Å². The fourth-order valence-electron chi connectivity index (χ4n) is 2.97. The van der Waals surface area contributed by atoms with Crippen LogP contribution in [0.1, 0.15) is 39.0 Å². The van der Waals surface area contributed by atoms with Crippen LogP contribution in [0, 0.1) is 5.41 Å². The Bertz CT molecular complexity index is 228. The van der Waals surface area contributed by atoms with Crippen molar-refractivity contribution < 1.29 is 4.79 Å². The van der Waals surface area contributed by atoms with Crippen molar-refractivity contribution in [2.75, 3.05) is 26.2 Å². The molecular formula is C12H22N2O. The van der Waals surface area contributed by atoms with E-state index in [2.05, 4.69) is 17.1 Å². The molecule has 0 aromatic carbocycles. The minimum absolute atomic E-state index is 0.0113. The zero-order chi connectivity index (χ0) is 10.7. The van der Waals surface area contributed by atoms with E-state index in [0.29, 0.717) is 5.91 Å². The van der Waals surface area contributed by atoms with Gasteiger partial charge in [-0.15, -0.1) is 0 Å². The second-order valence-corrected chi connectivity index (χ2v) is 4.88. The van der Waals surface area contributed by atoms with Crippen LogP contribution in [-0.4, -0.2) is 37.0 Å². The molecule has 1 saturated carbocycles. The summed E-state index contributed by atoms with van der Waals surface area (Å²) in [4.78, 5) is 14.5. The molecule has 0 aromatic rings. The highest BCUT2D eigenvalue weighted by atomic mass is 16.2. The van der Waals surface area contributed by atoms with E-state index in [9.17, 15) is 4.79 Å². The van der Waals surface area contributed by atoms with Crippen LogP contribution < -0.4 is 5.32 Å². The minimum Gasteiger partial charge on any atom is -0.340 e. The Kier molecular flexibility index (Phi) is 3.29. The molecule has 2 fully saturated rings. The van der Waals surface area contributed by atoms with E-state index in [1.165, 1.54) is 12.8 Å². The summed E-state index contributed by atoms with van der Waals surface area (Å²) in [6, 6.07) is 0. The van der Waals surface area contributed by atoms with Crippen molar-refractivity contribution in [3.63, 3.8) is 0 Å². The number of carbonyl (C=O) groups is 1. The number of carbonyl (C=O) groups excluding carboxylic acids is 1. The van der Waals surface area contributed by atoms with Gasteiger partial charge in [0.25, 0.3) is 0 Å². The first-order chi connectivity index (χ1) is 7.28. The van der Waals surface area contributed by atoms with Gasteiger partial charge in [0.15, 0.2) is 0 Å². The topological polar surface area (TPSA) is 32.3 Å². The summed E-state index contributed by atoms with van der Waals surface area (Å²) in [7, 11) is 0. The maximum absolute atomic E-state index is 12.5. The molecule has 3 heteroatoms. The van der Waals surface area contributed by atoms with E-state index in [1.54, 1.807) is 0 Å². The molecule has 1 aliphatic carbocycles. The van der Waals surface area contributed by atoms with E-state index in [-0.39, 0.29) is 5.41 Å². The van der Waals surface area contributed by atoms with Crippen molar-refractivity contribution in [1.82, 2.24) is 10.2 Å². The molecule has 0 aromatic heterocycles. The smallest absolute Gasteiger partial charge is 0.228 e. The predicted molar refractivity (Wildman–Crippen MR) is 60.6 cm³/mol. The lowest BCUT2D eigenvalue weighted by Gasteiger charge is -2.36. The number of hydrogen-bond acceptors (Lipinski definition) is 2. The summed E-state index contributed by atoms with van der Waals surface area (Å²) in [5.41, 5.74) is 0.0113. The minimum atomic E-state index is 0.0113. The van der Waals surface area contributed by atoms with Crippen LogP contribution in [0.4, 0.5) is 0 Å². The van der Waals surface area contributed by atoms with E-state index in [4.69, 9.17) is 0 Å². The summed E-state index contributed by atoms with van der Waals surface area (Å²) in [6.45, 7) is 5.91. The summed E-state index contributed by atoms with van der Waals surface area (Å²) in [6.07, 6.45) is 5.74.